The highest BCUT2D eigenvalue weighted by atomic mass is 16.5. The van der Waals surface area contributed by atoms with Gasteiger partial charge in [-0.2, -0.15) is 0 Å². The zero-order valence-electron chi connectivity index (χ0n) is 10.9. The molecule has 2 aromatic rings. The Morgan fingerprint density at radius 2 is 2.25 bits per heavy atom. The first-order chi connectivity index (χ1) is 9.71. The molecule has 0 spiro atoms. The Balaban J connectivity index is 2.60. The van der Waals surface area contributed by atoms with Crippen LogP contribution in [0.3, 0.4) is 0 Å². The van der Waals surface area contributed by atoms with Gasteiger partial charge in [-0.05, 0) is 29.2 Å². The Hall–Kier alpha value is -2.60. The number of methoxy groups -OCH3 is 1. The Morgan fingerprint density at radius 3 is 2.90 bits per heavy atom. The lowest BCUT2D eigenvalue weighted by Gasteiger charge is -2.08. The SMILES string of the molecule is COC(=O)/C(=C/CO)n1ccc2ccc(/C=N/O)cc21. The van der Waals surface area contributed by atoms with E-state index in [0.29, 0.717) is 5.56 Å². The molecule has 0 unspecified atom stereocenters. The number of fused-ring (bicyclic) bond motifs is 1. The Labute approximate surface area is 115 Å². The van der Waals surface area contributed by atoms with E-state index in [0.717, 1.165) is 10.9 Å². The molecule has 0 fully saturated rings. The van der Waals surface area contributed by atoms with Gasteiger partial charge in [-0.25, -0.2) is 4.79 Å². The molecule has 6 heteroatoms. The van der Waals surface area contributed by atoms with Gasteiger partial charge in [0.15, 0.2) is 0 Å². The van der Waals surface area contributed by atoms with E-state index >= 15 is 0 Å². The van der Waals surface area contributed by atoms with Crippen LogP contribution in [0.1, 0.15) is 5.56 Å². The smallest absolute Gasteiger partial charge is 0.354 e. The van der Waals surface area contributed by atoms with Crippen LogP contribution in [0.25, 0.3) is 16.6 Å². The number of esters is 1. The van der Waals surface area contributed by atoms with E-state index in [2.05, 4.69) is 5.16 Å². The third kappa shape index (κ3) is 2.55. The number of aromatic nitrogens is 1. The fourth-order valence-electron chi connectivity index (χ4n) is 1.97. The predicted octanol–water partition coefficient (Wildman–Crippen LogP) is 1.46. The summed E-state index contributed by atoms with van der Waals surface area (Å²) in [5, 5.41) is 21.5. The molecule has 2 N–H and O–H groups in total. The Kier molecular flexibility index (Phi) is 4.17. The van der Waals surface area contributed by atoms with E-state index in [1.807, 2.05) is 12.1 Å². The largest absolute Gasteiger partial charge is 0.464 e. The summed E-state index contributed by atoms with van der Waals surface area (Å²) in [5.74, 6) is -0.544. The minimum atomic E-state index is -0.544. The topological polar surface area (TPSA) is 84.0 Å². The summed E-state index contributed by atoms with van der Waals surface area (Å²) in [7, 11) is 1.28. The Morgan fingerprint density at radius 1 is 1.45 bits per heavy atom. The standard InChI is InChI=1S/C14H14N2O4/c1-20-14(18)12(5-7-17)16-6-4-11-3-2-10(9-15-19)8-13(11)16/h2-6,8-9,17,19H,7H2,1H3/b12-5-,15-9+. The van der Waals surface area contributed by atoms with Crippen LogP contribution in [-0.4, -0.2) is 40.8 Å². The number of carbonyl (C=O) groups excluding carboxylic acids is 1. The van der Waals surface area contributed by atoms with Crippen LogP contribution in [0, 0.1) is 0 Å². The van der Waals surface area contributed by atoms with Crippen molar-refractivity contribution in [2.24, 2.45) is 5.16 Å². The summed E-state index contributed by atoms with van der Waals surface area (Å²) in [6.45, 7) is -0.276. The van der Waals surface area contributed by atoms with Crippen LogP contribution in [0.2, 0.25) is 0 Å². The molecule has 0 aliphatic rings. The number of carbonyl (C=O) groups is 1. The number of oxime groups is 1. The van der Waals surface area contributed by atoms with E-state index in [-0.39, 0.29) is 12.3 Å². The molecule has 0 saturated carbocycles. The van der Waals surface area contributed by atoms with Gasteiger partial charge in [-0.15, -0.1) is 0 Å². The number of hydrogen-bond acceptors (Lipinski definition) is 5. The molecule has 2 rings (SSSR count). The van der Waals surface area contributed by atoms with Gasteiger partial charge in [0.05, 0.1) is 25.4 Å². The van der Waals surface area contributed by atoms with Crippen molar-refractivity contribution in [1.82, 2.24) is 4.57 Å². The fourth-order valence-corrected chi connectivity index (χ4v) is 1.97. The molecule has 104 valence electrons. The van der Waals surface area contributed by atoms with Crippen molar-refractivity contribution in [2.75, 3.05) is 13.7 Å². The lowest BCUT2D eigenvalue weighted by atomic mass is 10.2. The number of benzene rings is 1. The van der Waals surface area contributed by atoms with Gasteiger partial charge >= 0.3 is 5.97 Å². The van der Waals surface area contributed by atoms with Crippen molar-refractivity contribution in [1.29, 1.82) is 0 Å². The first-order valence-electron chi connectivity index (χ1n) is 5.89. The Bertz CT molecular complexity index is 686. The van der Waals surface area contributed by atoms with Gasteiger partial charge in [-0.1, -0.05) is 17.3 Å². The normalized spacial score (nSPS) is 12.2. The number of aliphatic hydroxyl groups excluding tert-OH is 1. The molecular weight excluding hydrogens is 260 g/mol. The van der Waals surface area contributed by atoms with Crippen molar-refractivity contribution in [2.45, 2.75) is 0 Å². The second kappa shape index (κ2) is 6.03. The third-order valence-electron chi connectivity index (χ3n) is 2.86. The molecule has 0 amide bonds. The zero-order chi connectivity index (χ0) is 14.5. The molecular formula is C14H14N2O4. The van der Waals surface area contributed by atoms with E-state index in [4.69, 9.17) is 15.1 Å². The first-order valence-corrected chi connectivity index (χ1v) is 5.89. The average molecular weight is 274 g/mol. The molecule has 1 aromatic heterocycles. The van der Waals surface area contributed by atoms with Crippen LogP contribution in [0.5, 0.6) is 0 Å². The second-order valence-corrected chi connectivity index (χ2v) is 4.01. The zero-order valence-corrected chi connectivity index (χ0v) is 10.9. The van der Waals surface area contributed by atoms with Crippen molar-refractivity contribution in [3.05, 3.63) is 42.1 Å². The fraction of sp³-hybridized carbons (Fsp3) is 0.143. The quantitative estimate of drug-likeness (QED) is 0.290. The number of nitrogens with zero attached hydrogens (tertiary/aromatic N) is 2. The molecule has 0 aliphatic carbocycles. The maximum absolute atomic E-state index is 11.8. The summed E-state index contributed by atoms with van der Waals surface area (Å²) >= 11 is 0. The van der Waals surface area contributed by atoms with Gasteiger partial charge in [-0.3, -0.25) is 0 Å². The lowest BCUT2D eigenvalue weighted by Crippen LogP contribution is -2.10. The van der Waals surface area contributed by atoms with Crippen LogP contribution in [0.15, 0.2) is 41.7 Å². The molecule has 0 saturated heterocycles. The summed E-state index contributed by atoms with van der Waals surface area (Å²) in [6.07, 6.45) is 4.38. The molecule has 20 heavy (non-hydrogen) atoms. The van der Waals surface area contributed by atoms with Gasteiger partial charge in [0, 0.05) is 6.20 Å². The van der Waals surface area contributed by atoms with Crippen LogP contribution in [0.4, 0.5) is 0 Å². The van der Waals surface area contributed by atoms with E-state index in [1.165, 1.54) is 19.4 Å². The summed E-state index contributed by atoms with van der Waals surface area (Å²) < 4.78 is 6.33. The molecule has 1 heterocycles. The summed E-state index contributed by atoms with van der Waals surface area (Å²) in [4.78, 5) is 11.8. The molecule has 0 radical (unpaired) electrons. The van der Waals surface area contributed by atoms with E-state index < -0.39 is 5.97 Å². The summed E-state index contributed by atoms with van der Waals surface area (Å²) in [5.41, 5.74) is 1.66. The number of hydrogen-bond donors (Lipinski definition) is 2. The number of aliphatic hydroxyl groups is 1. The molecule has 0 aliphatic heterocycles. The molecule has 0 atom stereocenters. The first kappa shape index (κ1) is 13.8. The van der Waals surface area contributed by atoms with Crippen molar-refractivity contribution < 1.29 is 19.8 Å². The molecule has 1 aromatic carbocycles. The predicted molar refractivity (Wildman–Crippen MR) is 74.7 cm³/mol. The minimum absolute atomic E-state index is 0.225. The lowest BCUT2D eigenvalue weighted by molar-refractivity contribution is -0.134. The highest BCUT2D eigenvalue weighted by molar-refractivity contribution is 6.12. The highest BCUT2D eigenvalue weighted by Crippen LogP contribution is 2.21. The number of ether oxygens (including phenoxy) is 1. The molecule has 6 nitrogen and oxygen atoms in total. The van der Waals surface area contributed by atoms with Crippen LogP contribution < -0.4 is 0 Å². The van der Waals surface area contributed by atoms with Gasteiger partial charge in [0.25, 0.3) is 0 Å². The van der Waals surface area contributed by atoms with Crippen molar-refractivity contribution in [3.63, 3.8) is 0 Å². The summed E-state index contributed by atoms with van der Waals surface area (Å²) in [6, 6.07) is 7.24. The average Bonchev–Trinajstić information content (AvgIpc) is 2.87. The third-order valence-corrected chi connectivity index (χ3v) is 2.86. The second-order valence-electron chi connectivity index (χ2n) is 4.01. The van der Waals surface area contributed by atoms with E-state index in [1.54, 1.807) is 22.9 Å². The highest BCUT2D eigenvalue weighted by Gasteiger charge is 2.14. The van der Waals surface area contributed by atoms with E-state index in [9.17, 15) is 4.79 Å². The van der Waals surface area contributed by atoms with Crippen molar-refractivity contribution >= 4 is 28.8 Å². The maximum Gasteiger partial charge on any atom is 0.354 e. The maximum atomic E-state index is 11.8. The van der Waals surface area contributed by atoms with Crippen molar-refractivity contribution in [3.8, 4) is 0 Å². The van der Waals surface area contributed by atoms with Gasteiger partial charge in [0.1, 0.15) is 5.70 Å². The number of rotatable bonds is 4. The van der Waals surface area contributed by atoms with Gasteiger partial charge in [0.2, 0.25) is 0 Å². The minimum Gasteiger partial charge on any atom is -0.464 e. The van der Waals surface area contributed by atoms with Crippen LogP contribution in [-0.2, 0) is 9.53 Å². The molecule has 0 bridgehead atoms. The monoisotopic (exact) mass is 274 g/mol. The van der Waals surface area contributed by atoms with Gasteiger partial charge < -0.3 is 19.6 Å². The van der Waals surface area contributed by atoms with Crippen LogP contribution >= 0.6 is 0 Å².